The molecule has 1 fully saturated rings. The summed E-state index contributed by atoms with van der Waals surface area (Å²) in [5.41, 5.74) is 8.37. The lowest BCUT2D eigenvalue weighted by molar-refractivity contribution is 0.500. The Bertz CT molecular complexity index is 761. The number of hydrogen-bond donors (Lipinski definition) is 2. The molecule has 0 unspecified atom stereocenters. The van der Waals surface area contributed by atoms with Crippen molar-refractivity contribution in [1.82, 2.24) is 9.97 Å². The molecule has 1 aromatic carbocycles. The monoisotopic (exact) mass is 371 g/mol. The van der Waals surface area contributed by atoms with Crippen LogP contribution in [0.3, 0.4) is 0 Å². The molecule has 6 heteroatoms. The van der Waals surface area contributed by atoms with Crippen molar-refractivity contribution in [3.8, 4) is 0 Å². The molecule has 0 bridgehead atoms. The Kier molecular flexibility index (Phi) is 5.95. The van der Waals surface area contributed by atoms with Gasteiger partial charge in [0.05, 0.1) is 0 Å². The van der Waals surface area contributed by atoms with Crippen LogP contribution in [-0.4, -0.2) is 29.1 Å². The normalized spacial score (nSPS) is 17.6. The fourth-order valence-corrected chi connectivity index (χ4v) is 3.49. The summed E-state index contributed by atoms with van der Waals surface area (Å²) in [6.07, 6.45) is 3.84. The quantitative estimate of drug-likeness (QED) is 0.808. The first-order chi connectivity index (χ1) is 12.8. The number of nitrogens with one attached hydrogen (secondary N) is 1. The summed E-state index contributed by atoms with van der Waals surface area (Å²) in [4.78, 5) is 11.2. The van der Waals surface area contributed by atoms with Crippen molar-refractivity contribution in [2.24, 2.45) is 5.73 Å². The number of rotatable bonds is 5. The Morgan fingerprint density at radius 1 is 1.19 bits per heavy atom. The van der Waals surface area contributed by atoms with Gasteiger partial charge in [0.1, 0.15) is 11.6 Å². The minimum atomic E-state index is -0.101. The average molecular weight is 372 g/mol. The molecule has 1 aliphatic rings. The van der Waals surface area contributed by atoms with E-state index in [0.29, 0.717) is 11.8 Å². The lowest BCUT2D eigenvalue weighted by Gasteiger charge is -2.30. The summed E-state index contributed by atoms with van der Waals surface area (Å²) in [5, 5.41) is 3.34. The molecule has 1 aliphatic heterocycles. The zero-order valence-corrected chi connectivity index (χ0v) is 16.7. The van der Waals surface area contributed by atoms with Crippen LogP contribution in [0.15, 0.2) is 24.4 Å². The minimum absolute atomic E-state index is 0.101. The van der Waals surface area contributed by atoms with Gasteiger partial charge >= 0.3 is 0 Å². The van der Waals surface area contributed by atoms with Gasteiger partial charge in [0.2, 0.25) is 5.95 Å². The van der Waals surface area contributed by atoms with Gasteiger partial charge in [-0.05, 0) is 54.0 Å². The molecule has 0 spiro atoms. The summed E-state index contributed by atoms with van der Waals surface area (Å²) in [5.74, 6) is 1.51. The number of piperidine rings is 1. The van der Waals surface area contributed by atoms with Crippen molar-refractivity contribution < 1.29 is 4.39 Å². The highest BCUT2D eigenvalue weighted by molar-refractivity contribution is 5.60. The van der Waals surface area contributed by atoms with Crippen LogP contribution in [0.4, 0.5) is 21.8 Å². The molecule has 0 radical (unpaired) electrons. The van der Waals surface area contributed by atoms with Crippen molar-refractivity contribution in [1.29, 1.82) is 0 Å². The second kappa shape index (κ2) is 8.21. The Morgan fingerprint density at radius 2 is 1.85 bits per heavy atom. The van der Waals surface area contributed by atoms with Crippen molar-refractivity contribution >= 4 is 17.5 Å². The lowest BCUT2D eigenvalue weighted by Crippen LogP contribution is -2.43. The lowest BCUT2D eigenvalue weighted by atomic mass is 9.94. The highest BCUT2D eigenvalue weighted by Crippen LogP contribution is 2.31. The fraction of sp³-hybridized carbons (Fsp3) is 0.524. The van der Waals surface area contributed by atoms with Crippen LogP contribution in [0.25, 0.3) is 0 Å². The van der Waals surface area contributed by atoms with Gasteiger partial charge in [0.15, 0.2) is 0 Å². The zero-order valence-electron chi connectivity index (χ0n) is 16.7. The smallest absolute Gasteiger partial charge is 0.227 e. The third-order valence-electron chi connectivity index (χ3n) is 5.03. The molecule has 1 atom stereocenters. The van der Waals surface area contributed by atoms with Crippen molar-refractivity contribution in [3.05, 3.63) is 41.3 Å². The van der Waals surface area contributed by atoms with Gasteiger partial charge in [-0.25, -0.2) is 9.37 Å². The topological polar surface area (TPSA) is 67.1 Å². The number of halogens is 1. The van der Waals surface area contributed by atoms with E-state index in [0.717, 1.165) is 42.7 Å². The first-order valence-electron chi connectivity index (χ1n) is 9.79. The third kappa shape index (κ3) is 4.56. The van der Waals surface area contributed by atoms with E-state index < -0.39 is 0 Å². The Balaban J connectivity index is 1.88. The number of nitrogens with two attached hydrogens (primary N) is 1. The summed E-state index contributed by atoms with van der Waals surface area (Å²) >= 11 is 0. The molecular weight excluding hydrogens is 341 g/mol. The predicted octanol–water partition coefficient (Wildman–Crippen LogP) is 4.53. The fourth-order valence-electron chi connectivity index (χ4n) is 3.49. The zero-order chi connectivity index (χ0) is 19.6. The molecule has 0 saturated carbocycles. The molecule has 0 amide bonds. The van der Waals surface area contributed by atoms with Crippen molar-refractivity contribution in [2.45, 2.75) is 58.4 Å². The van der Waals surface area contributed by atoms with Crippen LogP contribution in [-0.2, 0) is 0 Å². The van der Waals surface area contributed by atoms with Gasteiger partial charge in [0.25, 0.3) is 0 Å². The van der Waals surface area contributed by atoms with Gasteiger partial charge in [0, 0.05) is 31.0 Å². The maximum atomic E-state index is 14.8. The van der Waals surface area contributed by atoms with Gasteiger partial charge in [-0.3, -0.25) is 0 Å². The van der Waals surface area contributed by atoms with E-state index in [-0.39, 0.29) is 23.7 Å². The summed E-state index contributed by atoms with van der Waals surface area (Å²) < 4.78 is 14.8. The number of aromatic nitrogens is 2. The molecule has 1 saturated heterocycles. The minimum Gasteiger partial charge on any atom is -0.340 e. The van der Waals surface area contributed by atoms with E-state index in [9.17, 15) is 4.39 Å². The van der Waals surface area contributed by atoms with E-state index in [2.05, 4.69) is 20.2 Å². The van der Waals surface area contributed by atoms with Gasteiger partial charge in [-0.1, -0.05) is 27.7 Å². The maximum absolute atomic E-state index is 14.8. The van der Waals surface area contributed by atoms with Crippen LogP contribution < -0.4 is 16.0 Å². The van der Waals surface area contributed by atoms with Crippen LogP contribution in [0.1, 0.15) is 63.5 Å². The van der Waals surface area contributed by atoms with Crippen LogP contribution in [0.2, 0.25) is 0 Å². The Morgan fingerprint density at radius 3 is 2.44 bits per heavy atom. The summed E-state index contributed by atoms with van der Waals surface area (Å²) in [7, 11) is 0. The molecule has 146 valence electrons. The van der Waals surface area contributed by atoms with Gasteiger partial charge < -0.3 is 16.0 Å². The molecule has 0 aliphatic carbocycles. The first-order valence-corrected chi connectivity index (χ1v) is 9.79. The van der Waals surface area contributed by atoms with E-state index >= 15 is 0 Å². The number of hydrogen-bond acceptors (Lipinski definition) is 5. The van der Waals surface area contributed by atoms with Crippen LogP contribution >= 0.6 is 0 Å². The van der Waals surface area contributed by atoms with Gasteiger partial charge in [-0.2, -0.15) is 4.98 Å². The molecule has 3 rings (SSSR count). The highest BCUT2D eigenvalue weighted by Gasteiger charge is 2.20. The predicted molar refractivity (Wildman–Crippen MR) is 109 cm³/mol. The van der Waals surface area contributed by atoms with E-state index in [1.807, 2.05) is 45.9 Å². The molecular formula is C21H30FN5. The maximum Gasteiger partial charge on any atom is 0.227 e. The van der Waals surface area contributed by atoms with Crippen LogP contribution in [0, 0.1) is 5.82 Å². The van der Waals surface area contributed by atoms with E-state index in [4.69, 9.17) is 5.73 Å². The summed E-state index contributed by atoms with van der Waals surface area (Å²) in [6.45, 7) is 9.73. The van der Waals surface area contributed by atoms with E-state index in [1.54, 1.807) is 6.20 Å². The second-order valence-corrected chi connectivity index (χ2v) is 7.99. The Hall–Kier alpha value is -2.21. The number of anilines is 3. The number of nitrogens with zero attached hydrogens (tertiary/aromatic N) is 3. The molecule has 3 N–H and O–H groups in total. The van der Waals surface area contributed by atoms with Gasteiger partial charge in [-0.15, -0.1) is 0 Å². The van der Waals surface area contributed by atoms with Crippen LogP contribution in [0.5, 0.6) is 0 Å². The largest absolute Gasteiger partial charge is 0.340 e. The van der Waals surface area contributed by atoms with Crippen molar-refractivity contribution in [3.63, 3.8) is 0 Å². The molecule has 5 nitrogen and oxygen atoms in total. The number of benzene rings is 1. The molecule has 2 heterocycles. The second-order valence-electron chi connectivity index (χ2n) is 7.99. The molecule has 27 heavy (non-hydrogen) atoms. The SMILES string of the molecule is CC(C)c1cc(Nc2ccnc(N3CCC[C@H](N)C3)n2)cc(C(C)C)c1F. The summed E-state index contributed by atoms with van der Waals surface area (Å²) in [6, 6.07) is 5.76. The first kappa shape index (κ1) is 19.5. The average Bonchev–Trinajstić information content (AvgIpc) is 2.63. The Labute approximate surface area is 161 Å². The standard InChI is InChI=1S/C21H30FN5/c1-13(2)17-10-16(11-18(14(3)4)20(17)22)25-19-7-8-24-21(26-19)27-9-5-6-15(23)12-27/h7-8,10-11,13-15H,5-6,9,12,23H2,1-4H3,(H,24,25,26)/t15-/m0/s1. The third-order valence-corrected chi connectivity index (χ3v) is 5.03. The van der Waals surface area contributed by atoms with Crippen molar-refractivity contribution in [2.75, 3.05) is 23.3 Å². The van der Waals surface area contributed by atoms with E-state index in [1.165, 1.54) is 0 Å². The molecule has 2 aromatic rings. The molecule has 1 aromatic heterocycles. The highest BCUT2D eigenvalue weighted by atomic mass is 19.1.